The average Bonchev–Trinajstić information content (AvgIpc) is 2.58. The molecule has 8 heteroatoms. The van der Waals surface area contributed by atoms with Gasteiger partial charge < -0.3 is 10.6 Å². The monoisotopic (exact) mass is 261 g/mol. The second-order valence-corrected chi connectivity index (χ2v) is 6.06. The van der Waals surface area contributed by atoms with Gasteiger partial charge in [-0.05, 0) is 13.8 Å². The van der Waals surface area contributed by atoms with Gasteiger partial charge in [0.25, 0.3) is 0 Å². The predicted octanol–water partition coefficient (Wildman–Crippen LogP) is -0.249. The van der Waals surface area contributed by atoms with E-state index in [-0.39, 0.29) is 18.2 Å². The molecule has 0 aliphatic carbocycles. The van der Waals surface area contributed by atoms with Crippen LogP contribution in [-0.4, -0.2) is 48.3 Å². The third-order valence-corrected chi connectivity index (χ3v) is 3.33. The molecule has 2 N–H and O–H groups in total. The van der Waals surface area contributed by atoms with Crippen molar-refractivity contribution in [3.8, 4) is 0 Å². The molecule has 0 bridgehead atoms. The zero-order valence-electron chi connectivity index (χ0n) is 10.4. The Bertz CT molecular complexity index is 464. The van der Waals surface area contributed by atoms with E-state index in [4.69, 9.17) is 5.73 Å². The van der Waals surface area contributed by atoms with Crippen molar-refractivity contribution in [3.05, 3.63) is 0 Å². The number of nitrogens with zero attached hydrogens (tertiary/aromatic N) is 4. The smallest absolute Gasteiger partial charge is 0.246 e. The highest BCUT2D eigenvalue weighted by Crippen LogP contribution is 2.10. The second-order valence-electron chi connectivity index (χ2n) is 3.80. The molecule has 98 valence electrons. The Hall–Kier alpha value is -1.31. The van der Waals surface area contributed by atoms with Crippen LogP contribution in [0.5, 0.6) is 0 Å². The fourth-order valence-corrected chi connectivity index (χ4v) is 1.90. The molecule has 17 heavy (non-hydrogen) atoms. The lowest BCUT2D eigenvalue weighted by atomic mass is 10.5. The molecule has 0 saturated heterocycles. The van der Waals surface area contributed by atoms with Crippen LogP contribution in [0.4, 0.5) is 11.9 Å². The summed E-state index contributed by atoms with van der Waals surface area (Å²) in [6, 6.07) is 0. The fourth-order valence-electron chi connectivity index (χ4n) is 1.40. The lowest BCUT2D eigenvalue weighted by Crippen LogP contribution is -2.23. The summed E-state index contributed by atoms with van der Waals surface area (Å²) in [4.78, 5) is 6.07. The predicted molar refractivity (Wildman–Crippen MR) is 67.7 cm³/mol. The molecule has 1 heterocycles. The highest BCUT2D eigenvalue weighted by atomic mass is 32.2. The van der Waals surface area contributed by atoms with Crippen molar-refractivity contribution < 1.29 is 8.42 Å². The van der Waals surface area contributed by atoms with Gasteiger partial charge in [-0.2, -0.15) is 4.98 Å². The summed E-state index contributed by atoms with van der Waals surface area (Å²) < 4.78 is 23.5. The zero-order chi connectivity index (χ0) is 13.1. The number of sulfone groups is 1. The summed E-state index contributed by atoms with van der Waals surface area (Å²) >= 11 is 0. The number of aromatic nitrogens is 3. The SMILES string of the molecule is CCN(CC)c1nc(N)n(CCS(C)(=O)=O)n1. The molecule has 0 aliphatic heterocycles. The lowest BCUT2D eigenvalue weighted by Gasteiger charge is -2.15. The number of rotatable bonds is 6. The molecule has 0 fully saturated rings. The van der Waals surface area contributed by atoms with E-state index in [0.29, 0.717) is 5.95 Å². The molecule has 1 aromatic rings. The number of anilines is 2. The Morgan fingerprint density at radius 2 is 1.94 bits per heavy atom. The number of hydrogen-bond acceptors (Lipinski definition) is 6. The Morgan fingerprint density at radius 3 is 2.41 bits per heavy atom. The number of nitrogen functional groups attached to an aromatic ring is 1. The Balaban J connectivity index is 2.81. The molecule has 0 aliphatic rings. The lowest BCUT2D eigenvalue weighted by molar-refractivity contribution is 0.587. The fraction of sp³-hybridized carbons (Fsp3) is 0.778. The number of nitrogens with two attached hydrogens (primary N) is 1. The molecule has 1 rings (SSSR count). The van der Waals surface area contributed by atoms with Gasteiger partial charge in [-0.15, -0.1) is 5.10 Å². The number of hydrogen-bond donors (Lipinski definition) is 1. The van der Waals surface area contributed by atoms with Crippen molar-refractivity contribution in [2.45, 2.75) is 20.4 Å². The van der Waals surface area contributed by atoms with Crippen LogP contribution in [0.3, 0.4) is 0 Å². The van der Waals surface area contributed by atoms with Crippen LogP contribution in [0.25, 0.3) is 0 Å². The van der Waals surface area contributed by atoms with Crippen LogP contribution in [0.1, 0.15) is 13.8 Å². The molecule has 1 aromatic heterocycles. The summed E-state index contributed by atoms with van der Waals surface area (Å²) in [7, 11) is -3.02. The first-order chi connectivity index (χ1) is 7.87. The molecule has 0 unspecified atom stereocenters. The van der Waals surface area contributed by atoms with Crippen molar-refractivity contribution in [2.75, 3.05) is 35.7 Å². The molecule has 0 radical (unpaired) electrons. The average molecular weight is 261 g/mol. The van der Waals surface area contributed by atoms with E-state index in [9.17, 15) is 8.42 Å². The Morgan fingerprint density at radius 1 is 1.35 bits per heavy atom. The molecular weight excluding hydrogens is 242 g/mol. The first-order valence-electron chi connectivity index (χ1n) is 5.50. The van der Waals surface area contributed by atoms with Crippen LogP contribution in [0, 0.1) is 0 Å². The van der Waals surface area contributed by atoms with Gasteiger partial charge >= 0.3 is 0 Å². The third kappa shape index (κ3) is 3.88. The van der Waals surface area contributed by atoms with Crippen LogP contribution in [0.2, 0.25) is 0 Å². The molecule has 7 nitrogen and oxygen atoms in total. The number of aryl methyl sites for hydroxylation is 1. The molecule has 0 spiro atoms. The minimum atomic E-state index is -3.02. The van der Waals surface area contributed by atoms with Crippen molar-refractivity contribution in [1.82, 2.24) is 14.8 Å². The summed E-state index contributed by atoms with van der Waals surface area (Å²) in [5.74, 6) is 0.801. The zero-order valence-corrected chi connectivity index (χ0v) is 11.2. The maximum atomic E-state index is 11.1. The van der Waals surface area contributed by atoms with E-state index < -0.39 is 9.84 Å². The third-order valence-electron chi connectivity index (χ3n) is 2.41. The van der Waals surface area contributed by atoms with Gasteiger partial charge in [-0.1, -0.05) is 0 Å². The van der Waals surface area contributed by atoms with Crippen LogP contribution < -0.4 is 10.6 Å². The maximum Gasteiger partial charge on any atom is 0.246 e. The first-order valence-corrected chi connectivity index (χ1v) is 7.56. The molecule has 0 atom stereocenters. The minimum absolute atomic E-state index is 0.0122. The highest BCUT2D eigenvalue weighted by molar-refractivity contribution is 7.90. The Labute approximate surface area is 102 Å². The van der Waals surface area contributed by atoms with Gasteiger partial charge in [0.05, 0.1) is 12.3 Å². The molecule has 0 amide bonds. The van der Waals surface area contributed by atoms with Gasteiger partial charge in [0, 0.05) is 19.3 Å². The van der Waals surface area contributed by atoms with Gasteiger partial charge in [0.2, 0.25) is 11.9 Å². The van der Waals surface area contributed by atoms with Crippen molar-refractivity contribution >= 4 is 21.7 Å². The van der Waals surface area contributed by atoms with E-state index in [2.05, 4.69) is 10.1 Å². The topological polar surface area (TPSA) is 94.1 Å². The largest absolute Gasteiger partial charge is 0.368 e. The molecule has 0 saturated carbocycles. The van der Waals surface area contributed by atoms with Gasteiger partial charge in [-0.3, -0.25) is 0 Å². The molecule has 0 aromatic carbocycles. The second kappa shape index (κ2) is 5.35. The summed E-state index contributed by atoms with van der Waals surface area (Å²) in [6.07, 6.45) is 1.19. The van der Waals surface area contributed by atoms with Crippen LogP contribution >= 0.6 is 0 Å². The summed E-state index contributed by atoms with van der Waals surface area (Å²) in [5.41, 5.74) is 5.69. The van der Waals surface area contributed by atoms with Crippen molar-refractivity contribution in [3.63, 3.8) is 0 Å². The van der Waals surface area contributed by atoms with Gasteiger partial charge in [0.1, 0.15) is 9.84 Å². The van der Waals surface area contributed by atoms with E-state index in [1.54, 1.807) is 0 Å². The first kappa shape index (κ1) is 13.8. The maximum absolute atomic E-state index is 11.1. The molecular formula is C9H19N5O2S. The Kier molecular flexibility index (Phi) is 4.33. The minimum Gasteiger partial charge on any atom is -0.368 e. The van der Waals surface area contributed by atoms with Crippen LogP contribution in [-0.2, 0) is 16.4 Å². The van der Waals surface area contributed by atoms with E-state index >= 15 is 0 Å². The van der Waals surface area contributed by atoms with E-state index in [1.165, 1.54) is 10.9 Å². The van der Waals surface area contributed by atoms with Gasteiger partial charge in [-0.25, -0.2) is 13.1 Å². The summed E-state index contributed by atoms with van der Waals surface area (Å²) in [6.45, 7) is 5.80. The standard InChI is InChI=1S/C9H19N5O2S/c1-4-13(5-2)9-11-8(10)14(12-9)6-7-17(3,15)16/h4-7H2,1-3H3,(H2,10,11,12). The van der Waals surface area contributed by atoms with E-state index in [1.807, 2.05) is 18.7 Å². The van der Waals surface area contributed by atoms with E-state index in [0.717, 1.165) is 13.1 Å². The quantitative estimate of drug-likeness (QED) is 0.759. The normalized spacial score (nSPS) is 11.7. The van der Waals surface area contributed by atoms with Crippen LogP contribution in [0.15, 0.2) is 0 Å². The van der Waals surface area contributed by atoms with Gasteiger partial charge in [0.15, 0.2) is 0 Å². The highest BCUT2D eigenvalue weighted by Gasteiger charge is 2.12. The summed E-state index contributed by atoms with van der Waals surface area (Å²) in [5, 5.41) is 4.20. The van der Waals surface area contributed by atoms with Crippen molar-refractivity contribution in [1.29, 1.82) is 0 Å². The van der Waals surface area contributed by atoms with Crippen molar-refractivity contribution in [2.24, 2.45) is 0 Å².